The van der Waals surface area contributed by atoms with Crippen LogP contribution < -0.4 is 14.4 Å². The molecule has 7 nitrogen and oxygen atoms in total. The fourth-order valence-electron chi connectivity index (χ4n) is 8.33. The molecule has 0 bridgehead atoms. The highest BCUT2D eigenvalue weighted by molar-refractivity contribution is 6.00. The number of anilines is 1. The van der Waals surface area contributed by atoms with E-state index in [0.29, 0.717) is 23.6 Å². The fraction of sp³-hybridized carbons (Fsp3) is 0.708. The van der Waals surface area contributed by atoms with Gasteiger partial charge in [-0.3, -0.25) is 9.69 Å². The molecule has 5 aliphatic rings. The SMILES string of the molecule is CCC(=O)N1c2c(cc(OC)c(OC)c2O)[C@@]23CCN4CCC[C@]5(CCO[C@@]452)CC[C@@H]13. The van der Waals surface area contributed by atoms with Crippen molar-refractivity contribution in [1.82, 2.24) is 4.90 Å². The number of benzene rings is 1. The van der Waals surface area contributed by atoms with E-state index in [0.717, 1.165) is 50.9 Å². The van der Waals surface area contributed by atoms with E-state index in [2.05, 4.69) is 4.90 Å². The van der Waals surface area contributed by atoms with E-state index in [1.54, 1.807) is 7.11 Å². The van der Waals surface area contributed by atoms with Crippen molar-refractivity contribution in [3.63, 3.8) is 0 Å². The van der Waals surface area contributed by atoms with Gasteiger partial charge in [0.15, 0.2) is 11.5 Å². The van der Waals surface area contributed by atoms with Gasteiger partial charge >= 0.3 is 0 Å². The third kappa shape index (κ3) is 1.93. The Hall–Kier alpha value is -1.99. The molecule has 1 aromatic rings. The van der Waals surface area contributed by atoms with Gasteiger partial charge in [-0.2, -0.15) is 0 Å². The normalized spacial score (nSPS) is 37.8. The number of hydrogen-bond acceptors (Lipinski definition) is 6. The number of phenolic OH excluding ortho intramolecular Hbond substituents is 1. The van der Waals surface area contributed by atoms with Crippen LogP contribution in [0.25, 0.3) is 0 Å². The van der Waals surface area contributed by atoms with Crippen LogP contribution in [-0.4, -0.2) is 61.6 Å². The van der Waals surface area contributed by atoms with Crippen LogP contribution in [0.15, 0.2) is 6.07 Å². The molecule has 0 unspecified atom stereocenters. The molecule has 7 heteroatoms. The first kappa shape index (κ1) is 19.7. The molecule has 1 saturated carbocycles. The van der Waals surface area contributed by atoms with Gasteiger partial charge in [0, 0.05) is 31.5 Å². The summed E-state index contributed by atoms with van der Waals surface area (Å²) in [6.45, 7) is 4.65. The first-order valence-electron chi connectivity index (χ1n) is 11.7. The molecule has 4 aliphatic heterocycles. The monoisotopic (exact) mass is 428 g/mol. The second-order valence-electron chi connectivity index (χ2n) is 9.86. The van der Waals surface area contributed by atoms with Crippen LogP contribution in [-0.2, 0) is 14.9 Å². The Kier molecular flexibility index (Phi) is 3.99. The van der Waals surface area contributed by atoms with E-state index in [1.165, 1.54) is 20.0 Å². The fourth-order valence-corrected chi connectivity index (χ4v) is 8.33. The Morgan fingerprint density at radius 1 is 1.23 bits per heavy atom. The number of nitrogens with zero attached hydrogens (tertiary/aromatic N) is 2. The van der Waals surface area contributed by atoms with E-state index in [9.17, 15) is 9.90 Å². The van der Waals surface area contributed by atoms with Crippen LogP contribution in [0.2, 0.25) is 0 Å². The van der Waals surface area contributed by atoms with Gasteiger partial charge in [0.2, 0.25) is 11.7 Å². The quantitative estimate of drug-likeness (QED) is 0.797. The molecule has 0 aromatic heterocycles. The van der Waals surface area contributed by atoms with Gasteiger partial charge in [-0.1, -0.05) is 6.92 Å². The van der Waals surface area contributed by atoms with Crippen LogP contribution in [0.3, 0.4) is 0 Å². The summed E-state index contributed by atoms with van der Waals surface area (Å²) in [5.41, 5.74) is 0.959. The Morgan fingerprint density at radius 2 is 2.06 bits per heavy atom. The maximum absolute atomic E-state index is 13.3. The van der Waals surface area contributed by atoms with Gasteiger partial charge < -0.3 is 24.2 Å². The van der Waals surface area contributed by atoms with Gasteiger partial charge in [-0.15, -0.1) is 0 Å². The van der Waals surface area contributed by atoms with Crippen LogP contribution in [0, 0.1) is 5.41 Å². The summed E-state index contributed by atoms with van der Waals surface area (Å²) in [5.74, 6) is 0.857. The molecule has 168 valence electrons. The highest BCUT2D eigenvalue weighted by Gasteiger charge is 2.80. The molecule has 1 amide bonds. The second kappa shape index (κ2) is 6.29. The van der Waals surface area contributed by atoms with Crippen LogP contribution >= 0.6 is 0 Å². The zero-order chi connectivity index (χ0) is 21.6. The number of hydrogen-bond donors (Lipinski definition) is 1. The highest BCUT2D eigenvalue weighted by atomic mass is 16.5. The molecule has 4 heterocycles. The smallest absolute Gasteiger partial charge is 0.227 e. The summed E-state index contributed by atoms with van der Waals surface area (Å²) in [5, 5.41) is 11.4. The molecule has 1 aliphatic carbocycles. The number of piperidine rings is 1. The number of ether oxygens (including phenoxy) is 3. The summed E-state index contributed by atoms with van der Waals surface area (Å²) < 4.78 is 18.0. The van der Waals surface area contributed by atoms with Crippen molar-refractivity contribution in [2.75, 3.05) is 38.8 Å². The molecule has 6 rings (SSSR count). The van der Waals surface area contributed by atoms with E-state index in [4.69, 9.17) is 14.2 Å². The number of rotatable bonds is 3. The average molecular weight is 429 g/mol. The molecule has 4 atom stereocenters. The highest BCUT2D eigenvalue weighted by Crippen LogP contribution is 2.74. The lowest BCUT2D eigenvalue weighted by Gasteiger charge is -2.62. The molecule has 4 fully saturated rings. The average Bonchev–Trinajstić information content (AvgIpc) is 3.43. The molecule has 1 N–H and O–H groups in total. The number of amides is 1. The number of phenols is 1. The Morgan fingerprint density at radius 3 is 2.81 bits per heavy atom. The van der Waals surface area contributed by atoms with E-state index < -0.39 is 5.72 Å². The minimum Gasteiger partial charge on any atom is -0.503 e. The molecular weight excluding hydrogens is 396 g/mol. The zero-order valence-electron chi connectivity index (χ0n) is 18.7. The lowest BCUT2D eigenvalue weighted by Crippen LogP contribution is -2.73. The largest absolute Gasteiger partial charge is 0.503 e. The zero-order valence-corrected chi connectivity index (χ0v) is 18.7. The van der Waals surface area contributed by atoms with E-state index in [1.807, 2.05) is 17.9 Å². The van der Waals surface area contributed by atoms with Crippen LogP contribution in [0.5, 0.6) is 17.2 Å². The molecule has 31 heavy (non-hydrogen) atoms. The third-order valence-corrected chi connectivity index (χ3v) is 9.21. The Bertz CT molecular complexity index is 966. The summed E-state index contributed by atoms with van der Waals surface area (Å²) in [6, 6.07) is 2.00. The summed E-state index contributed by atoms with van der Waals surface area (Å²) in [6.07, 6.45) is 6.77. The van der Waals surface area contributed by atoms with Gasteiger partial charge in [0.05, 0.1) is 31.4 Å². The van der Waals surface area contributed by atoms with Crippen LogP contribution in [0.4, 0.5) is 5.69 Å². The van der Waals surface area contributed by atoms with Gasteiger partial charge in [0.25, 0.3) is 0 Å². The van der Waals surface area contributed by atoms with E-state index >= 15 is 0 Å². The molecule has 3 saturated heterocycles. The summed E-state index contributed by atoms with van der Waals surface area (Å²) in [4.78, 5) is 17.8. The minimum absolute atomic E-state index is 0.0108. The van der Waals surface area contributed by atoms with Gasteiger partial charge in [-0.05, 0) is 50.2 Å². The topological polar surface area (TPSA) is 71.5 Å². The first-order chi connectivity index (χ1) is 15.0. The predicted octanol–water partition coefficient (Wildman–Crippen LogP) is 3.17. The van der Waals surface area contributed by atoms with Crippen molar-refractivity contribution < 1.29 is 24.1 Å². The van der Waals surface area contributed by atoms with Crippen molar-refractivity contribution >= 4 is 11.6 Å². The molecule has 2 spiro atoms. The van der Waals surface area contributed by atoms with Crippen LogP contribution in [0.1, 0.15) is 57.4 Å². The number of fused-ring (bicyclic) bond motifs is 1. The van der Waals surface area contributed by atoms with Crippen molar-refractivity contribution in [3.05, 3.63) is 11.6 Å². The second-order valence-corrected chi connectivity index (χ2v) is 9.86. The van der Waals surface area contributed by atoms with Gasteiger partial charge in [0.1, 0.15) is 5.72 Å². The molecule has 0 radical (unpaired) electrons. The van der Waals surface area contributed by atoms with Crippen molar-refractivity contribution in [1.29, 1.82) is 0 Å². The van der Waals surface area contributed by atoms with E-state index in [-0.39, 0.29) is 28.5 Å². The minimum atomic E-state index is -0.412. The predicted molar refractivity (Wildman–Crippen MR) is 115 cm³/mol. The summed E-state index contributed by atoms with van der Waals surface area (Å²) in [7, 11) is 3.12. The Balaban J connectivity index is 1.69. The summed E-state index contributed by atoms with van der Waals surface area (Å²) >= 11 is 0. The number of carbonyl (C=O) groups excluding carboxylic acids is 1. The lowest BCUT2D eigenvalue weighted by molar-refractivity contribution is -0.232. The maximum atomic E-state index is 13.3. The van der Waals surface area contributed by atoms with Crippen molar-refractivity contribution in [2.24, 2.45) is 5.41 Å². The Labute approximate surface area is 183 Å². The lowest BCUT2D eigenvalue weighted by atomic mass is 9.50. The van der Waals surface area contributed by atoms with Crippen molar-refractivity contribution in [3.8, 4) is 17.2 Å². The molecule has 1 aromatic carbocycles. The van der Waals surface area contributed by atoms with Gasteiger partial charge in [-0.25, -0.2) is 0 Å². The molecular formula is C24H32N2O5. The third-order valence-electron chi connectivity index (χ3n) is 9.21. The number of methoxy groups -OCH3 is 2. The maximum Gasteiger partial charge on any atom is 0.227 e. The van der Waals surface area contributed by atoms with Crippen molar-refractivity contribution in [2.45, 2.75) is 69.1 Å². The number of carbonyl (C=O) groups is 1. The first-order valence-corrected chi connectivity index (χ1v) is 11.7. The number of aromatic hydroxyl groups is 1. The standard InChI is InChI=1S/C24H32N2O5/c1-4-18(27)26-17-6-8-22-7-5-11-25-12-9-23(17,24(22,25)31-13-10-22)15-14-16(29-2)21(30-3)20(28)19(15)26/h14,17,28H,4-13H2,1-3H3/t17-,22-,23-,24+/m1/s1.